The summed E-state index contributed by atoms with van der Waals surface area (Å²) in [4.78, 5) is 27.3. The zero-order chi connectivity index (χ0) is 27.4. The maximum Gasteiger partial charge on any atom is 0.336 e. The second-order valence-corrected chi connectivity index (χ2v) is 11.8. The third-order valence-electron chi connectivity index (χ3n) is 6.87. The van der Waals surface area contributed by atoms with E-state index in [1.54, 1.807) is 32.0 Å². The molecule has 2 aromatic rings. The van der Waals surface area contributed by atoms with Gasteiger partial charge in [-0.15, -0.1) is 0 Å². The topological polar surface area (TPSA) is 73.9 Å². The lowest BCUT2D eigenvalue weighted by atomic mass is 9.71. The Balaban J connectivity index is 1.80. The van der Waals surface area contributed by atoms with Crippen molar-refractivity contribution in [3.05, 3.63) is 79.6 Å². The molecular formula is C29H31BrClNO5S. The summed E-state index contributed by atoms with van der Waals surface area (Å²) in [5.41, 5.74) is 4.31. The molecule has 1 aliphatic carbocycles. The molecule has 2 atom stereocenters. The maximum atomic E-state index is 13.9. The lowest BCUT2D eigenvalue weighted by molar-refractivity contribution is -0.138. The maximum absolute atomic E-state index is 13.9. The Morgan fingerprint density at radius 1 is 1.13 bits per heavy atom. The lowest BCUT2D eigenvalue weighted by Crippen LogP contribution is -2.36. The second kappa shape index (κ2) is 12.6. The number of nitrogens with one attached hydrogen (secondary N) is 1. The number of esters is 1. The predicted octanol–water partition coefficient (Wildman–Crippen LogP) is 6.78. The van der Waals surface area contributed by atoms with Gasteiger partial charge in [-0.25, -0.2) is 4.79 Å². The first-order chi connectivity index (χ1) is 18.3. The minimum absolute atomic E-state index is 0.00730. The van der Waals surface area contributed by atoms with E-state index in [9.17, 15) is 9.59 Å². The van der Waals surface area contributed by atoms with Gasteiger partial charge in [-0.2, -0.15) is 11.8 Å². The normalized spacial score (nSPS) is 19.2. The summed E-state index contributed by atoms with van der Waals surface area (Å²) in [5, 5.41) is 4.05. The molecule has 0 aromatic heterocycles. The van der Waals surface area contributed by atoms with Crippen LogP contribution in [0.2, 0.25) is 5.02 Å². The van der Waals surface area contributed by atoms with E-state index in [0.29, 0.717) is 63.0 Å². The van der Waals surface area contributed by atoms with E-state index in [0.717, 1.165) is 22.6 Å². The molecule has 0 unspecified atom stereocenters. The molecule has 202 valence electrons. The highest BCUT2D eigenvalue weighted by Crippen LogP contribution is 2.49. The minimum Gasteiger partial charge on any atom is -0.493 e. The van der Waals surface area contributed by atoms with E-state index in [-0.39, 0.29) is 11.7 Å². The SMILES string of the molecule is CCSCCOC(=O)C1=C(C)NC2=C(C(=O)C[C@H](c3ccc(Cl)cc3)C2)[C@@H]1c1cc(OC)c(OC)cc1Br. The molecule has 2 aromatic carbocycles. The molecule has 1 aliphatic heterocycles. The molecule has 0 amide bonds. The Morgan fingerprint density at radius 3 is 2.47 bits per heavy atom. The fourth-order valence-electron chi connectivity index (χ4n) is 5.10. The third kappa shape index (κ3) is 5.92. The van der Waals surface area contributed by atoms with Crippen LogP contribution in [0.25, 0.3) is 0 Å². The van der Waals surface area contributed by atoms with Crippen molar-refractivity contribution in [2.75, 3.05) is 32.3 Å². The quantitative estimate of drug-likeness (QED) is 0.245. The fourth-order valence-corrected chi connectivity index (χ4v) is 6.26. The van der Waals surface area contributed by atoms with Crippen molar-refractivity contribution in [3.63, 3.8) is 0 Å². The predicted molar refractivity (Wildman–Crippen MR) is 155 cm³/mol. The van der Waals surface area contributed by atoms with Gasteiger partial charge in [-0.1, -0.05) is 46.6 Å². The Kier molecular flexibility index (Phi) is 9.50. The number of allylic oxidation sites excluding steroid dienone is 3. The summed E-state index contributed by atoms with van der Waals surface area (Å²) < 4.78 is 17.4. The van der Waals surface area contributed by atoms with Gasteiger partial charge in [-0.3, -0.25) is 4.79 Å². The highest BCUT2D eigenvalue weighted by molar-refractivity contribution is 9.10. The van der Waals surface area contributed by atoms with Gasteiger partial charge in [0.15, 0.2) is 17.3 Å². The van der Waals surface area contributed by atoms with Crippen LogP contribution in [0.3, 0.4) is 0 Å². The number of carbonyl (C=O) groups excluding carboxylic acids is 2. The number of Topliss-reactive ketones (excluding diaryl/α,β-unsaturated/α-hetero) is 1. The van der Waals surface area contributed by atoms with Crippen LogP contribution in [0.5, 0.6) is 11.5 Å². The van der Waals surface area contributed by atoms with Crippen LogP contribution in [0.4, 0.5) is 0 Å². The van der Waals surface area contributed by atoms with E-state index in [1.807, 2.05) is 37.3 Å². The number of halogens is 2. The van der Waals surface area contributed by atoms with Crippen LogP contribution >= 0.6 is 39.3 Å². The van der Waals surface area contributed by atoms with Gasteiger partial charge in [0.2, 0.25) is 0 Å². The summed E-state index contributed by atoms with van der Waals surface area (Å²) in [6.07, 6.45) is 0.967. The number of hydrogen-bond acceptors (Lipinski definition) is 7. The third-order valence-corrected chi connectivity index (χ3v) is 8.67. The first-order valence-electron chi connectivity index (χ1n) is 12.4. The smallest absolute Gasteiger partial charge is 0.336 e. The zero-order valence-electron chi connectivity index (χ0n) is 21.9. The molecule has 9 heteroatoms. The molecule has 38 heavy (non-hydrogen) atoms. The molecule has 0 bridgehead atoms. The van der Waals surface area contributed by atoms with Crippen molar-refractivity contribution >= 4 is 51.0 Å². The molecule has 0 fully saturated rings. The molecule has 2 aliphatic rings. The zero-order valence-corrected chi connectivity index (χ0v) is 25.0. The molecule has 1 N–H and O–H groups in total. The molecule has 4 rings (SSSR count). The number of dihydropyridines is 1. The van der Waals surface area contributed by atoms with E-state index in [4.69, 9.17) is 25.8 Å². The minimum atomic E-state index is -0.620. The summed E-state index contributed by atoms with van der Waals surface area (Å²) in [7, 11) is 3.13. The highest BCUT2D eigenvalue weighted by atomic mass is 79.9. The Bertz CT molecular complexity index is 1290. The second-order valence-electron chi connectivity index (χ2n) is 9.13. The number of ketones is 1. The Labute approximate surface area is 241 Å². The van der Waals surface area contributed by atoms with Gasteiger partial charge in [0, 0.05) is 44.6 Å². The molecule has 0 radical (unpaired) electrons. The molecule has 0 spiro atoms. The number of ether oxygens (including phenoxy) is 3. The molecular weight excluding hydrogens is 590 g/mol. The van der Waals surface area contributed by atoms with Crippen LogP contribution < -0.4 is 14.8 Å². The van der Waals surface area contributed by atoms with Crippen molar-refractivity contribution in [3.8, 4) is 11.5 Å². The van der Waals surface area contributed by atoms with E-state index in [1.165, 1.54) is 0 Å². The fraction of sp³-hybridized carbons (Fsp3) is 0.379. The molecule has 1 heterocycles. The van der Waals surface area contributed by atoms with Gasteiger partial charge in [0.05, 0.1) is 19.8 Å². The van der Waals surface area contributed by atoms with Crippen molar-refractivity contribution in [2.24, 2.45) is 0 Å². The van der Waals surface area contributed by atoms with E-state index < -0.39 is 11.9 Å². The van der Waals surface area contributed by atoms with E-state index >= 15 is 0 Å². The van der Waals surface area contributed by atoms with Gasteiger partial charge >= 0.3 is 5.97 Å². The van der Waals surface area contributed by atoms with Crippen LogP contribution in [-0.4, -0.2) is 44.1 Å². The number of rotatable bonds is 9. The molecule has 0 saturated carbocycles. The number of methoxy groups -OCH3 is 2. The van der Waals surface area contributed by atoms with Crippen molar-refractivity contribution in [1.29, 1.82) is 0 Å². The lowest BCUT2D eigenvalue weighted by Gasteiger charge is -2.37. The first kappa shape index (κ1) is 28.6. The summed E-state index contributed by atoms with van der Waals surface area (Å²) in [5.74, 6) is 1.66. The van der Waals surface area contributed by atoms with Crippen LogP contribution in [0, 0.1) is 0 Å². The van der Waals surface area contributed by atoms with Crippen LogP contribution in [0.1, 0.15) is 49.7 Å². The van der Waals surface area contributed by atoms with E-state index in [2.05, 4.69) is 28.2 Å². The number of benzene rings is 2. The van der Waals surface area contributed by atoms with Gasteiger partial charge < -0.3 is 19.5 Å². The monoisotopic (exact) mass is 619 g/mol. The largest absolute Gasteiger partial charge is 0.493 e. The first-order valence-corrected chi connectivity index (χ1v) is 14.8. The summed E-state index contributed by atoms with van der Waals surface area (Å²) >= 11 is 11.5. The molecule has 6 nitrogen and oxygen atoms in total. The number of carbonyl (C=O) groups is 2. The summed E-state index contributed by atoms with van der Waals surface area (Å²) in [6, 6.07) is 11.3. The standard InChI is InChI=1S/C29H31BrClNO5S/c1-5-38-11-10-37-29(34)26-16(2)32-22-12-18(17-6-8-19(31)9-7-17)13-23(33)28(22)27(26)20-14-24(35-3)25(36-4)15-21(20)30/h6-9,14-15,18,27,32H,5,10-13H2,1-4H3/t18-,27-/m1/s1. The van der Waals surface area contributed by atoms with Gasteiger partial charge in [-0.05, 0) is 60.4 Å². The van der Waals surface area contributed by atoms with Crippen LogP contribution in [0.15, 0.2) is 63.4 Å². The summed E-state index contributed by atoms with van der Waals surface area (Å²) in [6.45, 7) is 4.22. The number of thioether (sulfide) groups is 1. The number of hydrogen-bond donors (Lipinski definition) is 1. The van der Waals surface area contributed by atoms with Crippen molar-refractivity contribution in [2.45, 2.75) is 38.5 Å². The van der Waals surface area contributed by atoms with Gasteiger partial charge in [0.1, 0.15) is 6.61 Å². The Morgan fingerprint density at radius 2 is 1.82 bits per heavy atom. The molecule has 0 saturated heterocycles. The van der Waals surface area contributed by atoms with Crippen molar-refractivity contribution < 1.29 is 23.8 Å². The average molecular weight is 621 g/mol. The van der Waals surface area contributed by atoms with Gasteiger partial charge in [0.25, 0.3) is 0 Å². The average Bonchev–Trinajstić information content (AvgIpc) is 2.90. The highest BCUT2D eigenvalue weighted by Gasteiger charge is 2.42. The van der Waals surface area contributed by atoms with Crippen LogP contribution in [-0.2, 0) is 14.3 Å². The Hall–Kier alpha value is -2.42. The van der Waals surface area contributed by atoms with Crippen molar-refractivity contribution in [1.82, 2.24) is 5.32 Å².